The zero-order valence-corrected chi connectivity index (χ0v) is 23.4. The third kappa shape index (κ3) is 3.65. The molecule has 0 saturated carbocycles. The molecule has 0 amide bonds. The van der Waals surface area contributed by atoms with Crippen molar-refractivity contribution in [1.82, 2.24) is 0 Å². The Labute approximate surface area is 249 Å². The number of fused-ring (bicyclic) bond motifs is 6. The van der Waals surface area contributed by atoms with Crippen molar-refractivity contribution >= 4 is 54.3 Å². The summed E-state index contributed by atoms with van der Waals surface area (Å²) in [6.07, 6.45) is 0. The Balaban J connectivity index is 1.38. The Morgan fingerprint density at radius 2 is 0.860 bits per heavy atom. The van der Waals surface area contributed by atoms with Gasteiger partial charge in [0.05, 0.1) is 0 Å². The first-order chi connectivity index (χ1) is 21.3. The van der Waals surface area contributed by atoms with Crippen LogP contribution in [0.2, 0.25) is 0 Å². The summed E-state index contributed by atoms with van der Waals surface area (Å²) in [6, 6.07) is 56.7. The SMILES string of the molecule is c1ccc(-c2ccc3oc4c(-c5c6ccccc6c(-c6cccc7ccccc67)c6ccccc56)cccc4c3c2)cc1. The Bertz CT molecular complexity index is 2440. The summed E-state index contributed by atoms with van der Waals surface area (Å²) in [5, 5.41) is 9.72. The van der Waals surface area contributed by atoms with Crippen LogP contribution in [0.3, 0.4) is 0 Å². The van der Waals surface area contributed by atoms with E-state index in [4.69, 9.17) is 4.42 Å². The third-order valence-electron chi connectivity index (χ3n) is 8.86. The van der Waals surface area contributed by atoms with Crippen molar-refractivity contribution in [2.24, 2.45) is 0 Å². The number of benzene rings is 8. The smallest absolute Gasteiger partial charge is 0.143 e. The Hall–Kier alpha value is -5.66. The summed E-state index contributed by atoms with van der Waals surface area (Å²) in [7, 11) is 0. The van der Waals surface area contributed by atoms with E-state index in [1.165, 1.54) is 60.1 Å². The van der Waals surface area contributed by atoms with Crippen molar-refractivity contribution in [3.8, 4) is 33.4 Å². The predicted molar refractivity (Wildman–Crippen MR) is 183 cm³/mol. The fourth-order valence-electron chi connectivity index (χ4n) is 6.96. The number of para-hydroxylation sites is 1. The molecule has 9 aromatic rings. The van der Waals surface area contributed by atoms with E-state index in [1.54, 1.807) is 0 Å². The van der Waals surface area contributed by atoms with E-state index >= 15 is 0 Å². The minimum absolute atomic E-state index is 0.906. The molecular weight excluding hydrogens is 520 g/mol. The van der Waals surface area contributed by atoms with Gasteiger partial charge in [-0.1, -0.05) is 146 Å². The molecule has 0 saturated heterocycles. The van der Waals surface area contributed by atoms with Crippen molar-refractivity contribution in [2.45, 2.75) is 0 Å². The van der Waals surface area contributed by atoms with Gasteiger partial charge >= 0.3 is 0 Å². The van der Waals surface area contributed by atoms with Gasteiger partial charge in [-0.15, -0.1) is 0 Å². The molecule has 8 aromatic carbocycles. The van der Waals surface area contributed by atoms with Crippen molar-refractivity contribution < 1.29 is 4.42 Å². The highest BCUT2D eigenvalue weighted by Crippen LogP contribution is 2.47. The van der Waals surface area contributed by atoms with Gasteiger partial charge in [0.25, 0.3) is 0 Å². The van der Waals surface area contributed by atoms with Crippen LogP contribution in [-0.4, -0.2) is 0 Å². The van der Waals surface area contributed by atoms with Crippen LogP contribution in [0.1, 0.15) is 0 Å². The van der Waals surface area contributed by atoms with Crippen molar-refractivity contribution in [3.05, 3.63) is 158 Å². The maximum absolute atomic E-state index is 6.70. The first-order valence-electron chi connectivity index (χ1n) is 14.8. The maximum atomic E-state index is 6.70. The second-order valence-electron chi connectivity index (χ2n) is 11.2. The topological polar surface area (TPSA) is 13.1 Å². The second kappa shape index (κ2) is 9.44. The third-order valence-corrected chi connectivity index (χ3v) is 8.86. The molecule has 1 heteroatoms. The number of furan rings is 1. The summed E-state index contributed by atoms with van der Waals surface area (Å²) in [5.41, 5.74) is 9.09. The molecule has 200 valence electrons. The summed E-state index contributed by atoms with van der Waals surface area (Å²) in [4.78, 5) is 0. The van der Waals surface area contributed by atoms with Crippen LogP contribution in [0, 0.1) is 0 Å². The molecule has 0 bridgehead atoms. The van der Waals surface area contributed by atoms with E-state index < -0.39 is 0 Å². The predicted octanol–water partition coefficient (Wildman–Crippen LogP) is 12.0. The molecule has 0 unspecified atom stereocenters. The Morgan fingerprint density at radius 3 is 1.58 bits per heavy atom. The maximum Gasteiger partial charge on any atom is 0.143 e. The van der Waals surface area contributed by atoms with Crippen LogP contribution in [0.4, 0.5) is 0 Å². The number of hydrogen-bond donors (Lipinski definition) is 0. The zero-order valence-electron chi connectivity index (χ0n) is 23.4. The average molecular weight is 547 g/mol. The van der Waals surface area contributed by atoms with Gasteiger partial charge in [-0.25, -0.2) is 0 Å². The Morgan fingerprint density at radius 1 is 0.326 bits per heavy atom. The summed E-state index contributed by atoms with van der Waals surface area (Å²) < 4.78 is 6.70. The molecule has 0 aliphatic rings. The fraction of sp³-hybridized carbons (Fsp3) is 0. The van der Waals surface area contributed by atoms with Crippen LogP contribution < -0.4 is 0 Å². The molecule has 0 atom stereocenters. The van der Waals surface area contributed by atoms with E-state index in [0.29, 0.717) is 0 Å². The molecule has 0 N–H and O–H groups in total. The Kier molecular flexibility index (Phi) is 5.27. The van der Waals surface area contributed by atoms with Gasteiger partial charge in [0, 0.05) is 21.9 Å². The second-order valence-corrected chi connectivity index (χ2v) is 11.2. The van der Waals surface area contributed by atoms with Crippen LogP contribution in [-0.2, 0) is 0 Å². The molecule has 0 spiro atoms. The zero-order chi connectivity index (χ0) is 28.3. The molecule has 0 fully saturated rings. The lowest BCUT2D eigenvalue weighted by Crippen LogP contribution is -1.91. The largest absolute Gasteiger partial charge is 0.455 e. The van der Waals surface area contributed by atoms with Crippen molar-refractivity contribution in [2.75, 3.05) is 0 Å². The summed E-state index contributed by atoms with van der Waals surface area (Å²) in [5.74, 6) is 0. The molecule has 1 aromatic heterocycles. The molecule has 43 heavy (non-hydrogen) atoms. The number of hydrogen-bond acceptors (Lipinski definition) is 1. The molecule has 0 aliphatic heterocycles. The molecular formula is C42H26O. The van der Waals surface area contributed by atoms with Crippen molar-refractivity contribution in [1.29, 1.82) is 0 Å². The van der Waals surface area contributed by atoms with Gasteiger partial charge in [0.15, 0.2) is 0 Å². The van der Waals surface area contributed by atoms with Crippen LogP contribution in [0.25, 0.3) is 87.6 Å². The minimum Gasteiger partial charge on any atom is -0.455 e. The van der Waals surface area contributed by atoms with Gasteiger partial charge in [0.1, 0.15) is 11.2 Å². The van der Waals surface area contributed by atoms with Gasteiger partial charge < -0.3 is 4.42 Å². The van der Waals surface area contributed by atoms with E-state index in [-0.39, 0.29) is 0 Å². The van der Waals surface area contributed by atoms with Gasteiger partial charge in [-0.05, 0) is 66.7 Å². The van der Waals surface area contributed by atoms with E-state index in [1.807, 2.05) is 0 Å². The molecule has 1 nitrogen and oxygen atoms in total. The van der Waals surface area contributed by atoms with E-state index in [0.717, 1.165) is 27.5 Å². The van der Waals surface area contributed by atoms with Gasteiger partial charge in [0.2, 0.25) is 0 Å². The van der Waals surface area contributed by atoms with Crippen molar-refractivity contribution in [3.63, 3.8) is 0 Å². The van der Waals surface area contributed by atoms with Gasteiger partial charge in [-0.3, -0.25) is 0 Å². The quantitative estimate of drug-likeness (QED) is 0.201. The van der Waals surface area contributed by atoms with E-state index in [2.05, 4.69) is 158 Å². The van der Waals surface area contributed by atoms with Crippen LogP contribution in [0.15, 0.2) is 162 Å². The highest BCUT2D eigenvalue weighted by Gasteiger charge is 2.21. The van der Waals surface area contributed by atoms with Crippen LogP contribution >= 0.6 is 0 Å². The first-order valence-corrected chi connectivity index (χ1v) is 14.8. The normalized spacial score (nSPS) is 11.7. The minimum atomic E-state index is 0.906. The summed E-state index contributed by atoms with van der Waals surface area (Å²) in [6.45, 7) is 0. The standard InChI is InChI=1S/C42H26O/c1-2-12-27(13-3-1)29-24-25-39-38(26-29)36-22-11-23-37(42(36)43-39)41-34-19-8-6-17-32(34)40(33-18-7-9-20-35(33)41)31-21-10-15-28-14-4-5-16-30(28)31/h1-26H. The van der Waals surface area contributed by atoms with E-state index in [9.17, 15) is 0 Å². The lowest BCUT2D eigenvalue weighted by atomic mass is 9.84. The highest BCUT2D eigenvalue weighted by molar-refractivity contribution is 6.25. The molecule has 0 radical (unpaired) electrons. The van der Waals surface area contributed by atoms with Gasteiger partial charge in [-0.2, -0.15) is 0 Å². The number of rotatable bonds is 3. The highest BCUT2D eigenvalue weighted by atomic mass is 16.3. The van der Waals surface area contributed by atoms with Crippen LogP contribution in [0.5, 0.6) is 0 Å². The molecule has 9 rings (SSSR count). The lowest BCUT2D eigenvalue weighted by Gasteiger charge is -2.18. The fourth-order valence-corrected chi connectivity index (χ4v) is 6.96. The lowest BCUT2D eigenvalue weighted by molar-refractivity contribution is 0.670. The average Bonchev–Trinajstić information content (AvgIpc) is 3.46. The molecule has 1 heterocycles. The summed E-state index contributed by atoms with van der Waals surface area (Å²) >= 11 is 0. The monoisotopic (exact) mass is 546 g/mol. The first kappa shape index (κ1) is 24.0. The molecule has 0 aliphatic carbocycles.